The predicted octanol–water partition coefficient (Wildman–Crippen LogP) is 2.92. The molecule has 0 spiro atoms. The second-order valence-corrected chi connectivity index (χ2v) is 10.3. The number of ether oxygens (including phenoxy) is 1. The molecule has 1 fully saturated rings. The number of benzene rings is 1. The van der Waals surface area contributed by atoms with Crippen LogP contribution in [0.1, 0.15) is 23.3 Å². The van der Waals surface area contributed by atoms with E-state index in [0.29, 0.717) is 30.5 Å². The molecule has 1 saturated heterocycles. The van der Waals surface area contributed by atoms with E-state index >= 15 is 0 Å². The first-order valence-corrected chi connectivity index (χ1v) is 11.6. The molecular formula is C20H26N2O4S2. The van der Waals surface area contributed by atoms with E-state index < -0.39 is 10.0 Å². The van der Waals surface area contributed by atoms with Crippen LogP contribution in [0.4, 0.5) is 0 Å². The average molecular weight is 423 g/mol. The Morgan fingerprint density at radius 2 is 1.89 bits per heavy atom. The lowest BCUT2D eigenvalue weighted by Gasteiger charge is -2.17. The average Bonchev–Trinajstić information content (AvgIpc) is 3.35. The third-order valence-electron chi connectivity index (χ3n) is 4.83. The van der Waals surface area contributed by atoms with Gasteiger partial charge in [-0.15, -0.1) is 11.3 Å². The number of thiophene rings is 1. The third kappa shape index (κ3) is 4.92. The van der Waals surface area contributed by atoms with Crippen LogP contribution in [0.25, 0.3) is 0 Å². The minimum absolute atomic E-state index is 0.0552. The quantitative estimate of drug-likeness (QED) is 0.656. The van der Waals surface area contributed by atoms with E-state index in [2.05, 4.69) is 0 Å². The highest BCUT2D eigenvalue weighted by molar-refractivity contribution is 7.91. The minimum atomic E-state index is -3.42. The van der Waals surface area contributed by atoms with Crippen LogP contribution in [0.15, 0.2) is 40.6 Å². The molecule has 3 rings (SSSR count). The van der Waals surface area contributed by atoms with Crippen molar-refractivity contribution >= 4 is 27.3 Å². The Morgan fingerprint density at radius 1 is 1.18 bits per heavy atom. The number of para-hydroxylation sites is 1. The van der Waals surface area contributed by atoms with Crippen molar-refractivity contribution in [1.29, 1.82) is 0 Å². The topological polar surface area (TPSA) is 66.9 Å². The zero-order valence-corrected chi connectivity index (χ0v) is 17.9. The Hall–Kier alpha value is -1.90. The summed E-state index contributed by atoms with van der Waals surface area (Å²) in [6, 6.07) is 11.1. The van der Waals surface area contributed by atoms with Crippen molar-refractivity contribution < 1.29 is 17.9 Å². The van der Waals surface area contributed by atoms with Gasteiger partial charge in [-0.2, -0.15) is 4.31 Å². The summed E-state index contributed by atoms with van der Waals surface area (Å²) in [5, 5.41) is 0. The van der Waals surface area contributed by atoms with Gasteiger partial charge in [-0.05, 0) is 43.5 Å². The van der Waals surface area contributed by atoms with Gasteiger partial charge in [0.25, 0.3) is 10.0 Å². The summed E-state index contributed by atoms with van der Waals surface area (Å²) in [6.07, 6.45) is 2.01. The van der Waals surface area contributed by atoms with Crippen molar-refractivity contribution in [2.75, 3.05) is 33.3 Å². The number of nitrogens with zero attached hydrogens (tertiary/aromatic N) is 2. The van der Waals surface area contributed by atoms with Crippen LogP contribution >= 0.6 is 11.3 Å². The van der Waals surface area contributed by atoms with Gasteiger partial charge in [-0.3, -0.25) is 4.79 Å². The normalized spacial score (nSPS) is 14.9. The lowest BCUT2D eigenvalue weighted by Crippen LogP contribution is -2.31. The standard InChI is InChI=1S/C20H26N2O4S2/c1-16-7-3-4-8-18(16)26-14-13-21(2)19(23)15-17-9-10-20(27-17)28(24,25)22-11-5-6-12-22/h3-4,7-10H,5-6,11-15H2,1-2H3. The largest absolute Gasteiger partial charge is 0.491 e. The summed E-state index contributed by atoms with van der Waals surface area (Å²) in [5.74, 6) is 0.763. The van der Waals surface area contributed by atoms with Gasteiger partial charge in [0, 0.05) is 25.0 Å². The van der Waals surface area contributed by atoms with E-state index in [1.807, 2.05) is 31.2 Å². The van der Waals surface area contributed by atoms with Gasteiger partial charge in [0.1, 0.15) is 16.6 Å². The summed E-state index contributed by atoms with van der Waals surface area (Å²) >= 11 is 1.19. The lowest BCUT2D eigenvalue weighted by molar-refractivity contribution is -0.129. The van der Waals surface area contributed by atoms with Gasteiger partial charge < -0.3 is 9.64 Å². The third-order valence-corrected chi connectivity index (χ3v) is 8.28. The summed E-state index contributed by atoms with van der Waals surface area (Å²) in [7, 11) is -1.68. The first-order valence-electron chi connectivity index (χ1n) is 9.39. The Labute approximate surface area is 170 Å². The van der Waals surface area contributed by atoms with E-state index in [9.17, 15) is 13.2 Å². The fourth-order valence-corrected chi connectivity index (χ4v) is 6.09. The number of carbonyl (C=O) groups is 1. The van der Waals surface area contributed by atoms with Crippen molar-refractivity contribution in [2.45, 2.75) is 30.4 Å². The molecule has 1 aromatic carbocycles. The van der Waals surface area contributed by atoms with Gasteiger partial charge >= 0.3 is 0 Å². The molecule has 0 atom stereocenters. The molecule has 0 saturated carbocycles. The maximum absolute atomic E-state index is 12.6. The highest BCUT2D eigenvalue weighted by Gasteiger charge is 2.28. The lowest BCUT2D eigenvalue weighted by atomic mass is 10.2. The van der Waals surface area contributed by atoms with E-state index in [0.717, 1.165) is 29.0 Å². The van der Waals surface area contributed by atoms with Crippen molar-refractivity contribution in [3.8, 4) is 5.75 Å². The zero-order chi connectivity index (χ0) is 20.1. The zero-order valence-electron chi connectivity index (χ0n) is 16.3. The van der Waals surface area contributed by atoms with Crippen molar-refractivity contribution in [2.24, 2.45) is 0 Å². The van der Waals surface area contributed by atoms with Gasteiger partial charge in [0.2, 0.25) is 5.91 Å². The van der Waals surface area contributed by atoms with Crippen molar-refractivity contribution in [3.63, 3.8) is 0 Å². The molecule has 0 N–H and O–H groups in total. The van der Waals surface area contributed by atoms with Gasteiger partial charge in [0.05, 0.1) is 13.0 Å². The molecule has 8 heteroatoms. The molecule has 152 valence electrons. The second-order valence-electron chi connectivity index (χ2n) is 6.94. The summed E-state index contributed by atoms with van der Waals surface area (Å²) in [5.41, 5.74) is 1.06. The SMILES string of the molecule is Cc1ccccc1OCCN(C)C(=O)Cc1ccc(S(=O)(=O)N2CCCC2)s1. The highest BCUT2D eigenvalue weighted by Crippen LogP contribution is 2.27. The molecule has 1 aliphatic rings. The minimum Gasteiger partial charge on any atom is -0.491 e. The van der Waals surface area contributed by atoms with Crippen molar-refractivity contribution in [3.05, 3.63) is 46.8 Å². The Bertz CT molecular complexity index is 918. The molecule has 1 amide bonds. The molecule has 0 aliphatic carbocycles. The summed E-state index contributed by atoms with van der Waals surface area (Å²) in [4.78, 5) is 14.8. The molecule has 1 aromatic heterocycles. The smallest absolute Gasteiger partial charge is 0.252 e. The Kier molecular flexibility index (Phi) is 6.74. The fourth-order valence-electron chi connectivity index (χ4n) is 3.07. The molecule has 2 heterocycles. The molecule has 0 radical (unpaired) electrons. The van der Waals surface area contributed by atoms with Crippen LogP contribution in [0.3, 0.4) is 0 Å². The second kappa shape index (κ2) is 9.07. The molecule has 0 unspecified atom stereocenters. The maximum Gasteiger partial charge on any atom is 0.252 e. The number of sulfonamides is 1. The predicted molar refractivity (Wildman–Crippen MR) is 110 cm³/mol. The van der Waals surface area contributed by atoms with Gasteiger partial charge in [0.15, 0.2) is 0 Å². The molecule has 0 bridgehead atoms. The van der Waals surface area contributed by atoms with E-state index in [1.165, 1.54) is 15.6 Å². The van der Waals surface area contributed by atoms with E-state index in [-0.39, 0.29) is 12.3 Å². The molecule has 6 nitrogen and oxygen atoms in total. The molecular weight excluding hydrogens is 396 g/mol. The van der Waals surface area contributed by atoms with Crippen LogP contribution in [0.5, 0.6) is 5.75 Å². The molecule has 1 aliphatic heterocycles. The molecule has 2 aromatic rings. The van der Waals surface area contributed by atoms with Crippen LogP contribution in [0.2, 0.25) is 0 Å². The number of hydrogen-bond acceptors (Lipinski definition) is 5. The molecule has 28 heavy (non-hydrogen) atoms. The number of amides is 1. The Balaban J connectivity index is 1.51. The number of hydrogen-bond donors (Lipinski definition) is 0. The number of likely N-dealkylation sites (N-methyl/N-ethyl adjacent to an activating group) is 1. The Morgan fingerprint density at radius 3 is 2.61 bits per heavy atom. The number of carbonyl (C=O) groups excluding carboxylic acids is 1. The number of aryl methyl sites for hydroxylation is 1. The number of rotatable bonds is 8. The highest BCUT2D eigenvalue weighted by atomic mass is 32.2. The van der Waals surface area contributed by atoms with Crippen LogP contribution < -0.4 is 4.74 Å². The summed E-state index contributed by atoms with van der Waals surface area (Å²) in [6.45, 7) is 4.02. The maximum atomic E-state index is 12.6. The van der Waals surface area contributed by atoms with Gasteiger partial charge in [-0.1, -0.05) is 18.2 Å². The van der Waals surface area contributed by atoms with Crippen LogP contribution in [-0.2, 0) is 21.2 Å². The van der Waals surface area contributed by atoms with Crippen molar-refractivity contribution in [1.82, 2.24) is 9.21 Å². The van der Waals surface area contributed by atoms with Crippen LogP contribution in [0, 0.1) is 6.92 Å². The first-order chi connectivity index (χ1) is 13.4. The first kappa shape index (κ1) is 20.8. The summed E-state index contributed by atoms with van der Waals surface area (Å²) < 4.78 is 32.8. The van der Waals surface area contributed by atoms with E-state index in [1.54, 1.807) is 24.1 Å². The van der Waals surface area contributed by atoms with Crippen LogP contribution in [-0.4, -0.2) is 56.8 Å². The van der Waals surface area contributed by atoms with E-state index in [4.69, 9.17) is 4.74 Å². The monoisotopic (exact) mass is 422 g/mol. The fraction of sp³-hybridized carbons (Fsp3) is 0.450. The van der Waals surface area contributed by atoms with Gasteiger partial charge in [-0.25, -0.2) is 8.42 Å².